The molecule has 3 fully saturated rings. The van der Waals surface area contributed by atoms with Crippen molar-refractivity contribution in [3.05, 3.63) is 35.9 Å². The second kappa shape index (κ2) is 14.9. The van der Waals surface area contributed by atoms with Crippen LogP contribution in [-0.4, -0.2) is 88.4 Å². The molecule has 3 heterocycles. The Balaban J connectivity index is 1.16. The van der Waals surface area contributed by atoms with Crippen molar-refractivity contribution >= 4 is 17.8 Å². The number of nitrogens with two attached hydrogens (primary N) is 1. The molecule has 2 N–H and O–H groups in total. The summed E-state index contributed by atoms with van der Waals surface area (Å²) in [5, 5.41) is 8.20. The van der Waals surface area contributed by atoms with Gasteiger partial charge < -0.3 is 29.9 Å². The summed E-state index contributed by atoms with van der Waals surface area (Å²) in [5.74, 6) is 1.33. The second-order valence-corrected chi connectivity index (χ2v) is 14.0. The molecule has 3 aliphatic rings. The lowest BCUT2D eigenvalue weighted by molar-refractivity contribution is 0.0417. The van der Waals surface area contributed by atoms with E-state index in [4.69, 9.17) is 15.2 Å². The van der Waals surface area contributed by atoms with Gasteiger partial charge in [-0.1, -0.05) is 0 Å². The van der Waals surface area contributed by atoms with Crippen LogP contribution in [0.4, 0.5) is 15.0 Å². The topological polar surface area (TPSA) is 127 Å². The normalized spacial score (nSPS) is 20.4. The Labute approximate surface area is 272 Å². The first-order valence-corrected chi connectivity index (χ1v) is 16.9. The van der Waals surface area contributed by atoms with Gasteiger partial charge in [0.25, 0.3) is 11.8 Å². The molecule has 1 aromatic carbocycles. The van der Waals surface area contributed by atoms with Crippen LogP contribution in [0.2, 0.25) is 0 Å². The van der Waals surface area contributed by atoms with Crippen molar-refractivity contribution in [2.45, 2.75) is 91.1 Å². The van der Waals surface area contributed by atoms with Crippen molar-refractivity contribution < 1.29 is 23.5 Å². The van der Waals surface area contributed by atoms with Gasteiger partial charge in [0, 0.05) is 31.7 Å². The van der Waals surface area contributed by atoms with Crippen molar-refractivity contribution in [2.75, 3.05) is 44.2 Å². The fourth-order valence-electron chi connectivity index (χ4n) is 7.76. The van der Waals surface area contributed by atoms with E-state index in [-0.39, 0.29) is 35.2 Å². The zero-order valence-corrected chi connectivity index (χ0v) is 27.8. The summed E-state index contributed by atoms with van der Waals surface area (Å²) in [6.45, 7) is 13.1. The number of carbonyl (C=O) groups is 2. The Morgan fingerprint density at radius 2 is 1.76 bits per heavy atom. The number of aromatic nitrogens is 3. The third-order valence-electron chi connectivity index (χ3n) is 10.3. The molecule has 2 aromatic rings. The van der Waals surface area contributed by atoms with Gasteiger partial charge >= 0.3 is 6.09 Å². The molecule has 1 saturated carbocycles. The maximum Gasteiger partial charge on any atom is 0.404 e. The van der Waals surface area contributed by atoms with Crippen molar-refractivity contribution in [3.8, 4) is 11.6 Å². The molecule has 1 atom stereocenters. The van der Waals surface area contributed by atoms with Gasteiger partial charge in [-0.3, -0.25) is 4.79 Å². The number of rotatable bonds is 11. The summed E-state index contributed by atoms with van der Waals surface area (Å²) >= 11 is 0. The molecule has 1 spiro atoms. The molecular formula is C34H50FN7O4. The van der Waals surface area contributed by atoms with Crippen LogP contribution in [0, 0.1) is 23.1 Å². The van der Waals surface area contributed by atoms with Crippen LogP contribution in [0.5, 0.6) is 11.6 Å². The van der Waals surface area contributed by atoms with E-state index in [2.05, 4.69) is 25.0 Å². The van der Waals surface area contributed by atoms with E-state index in [1.807, 2.05) is 27.7 Å². The maximum atomic E-state index is 14.4. The summed E-state index contributed by atoms with van der Waals surface area (Å²) in [5.41, 5.74) is 5.70. The number of hydrogen-bond acceptors (Lipinski definition) is 9. The lowest BCUT2D eigenvalue weighted by Crippen LogP contribution is -2.44. The van der Waals surface area contributed by atoms with Crippen molar-refractivity contribution in [3.63, 3.8) is 0 Å². The molecule has 11 nitrogen and oxygen atoms in total. The van der Waals surface area contributed by atoms with E-state index in [0.29, 0.717) is 29.7 Å². The van der Waals surface area contributed by atoms with Gasteiger partial charge in [0.05, 0.1) is 12.2 Å². The van der Waals surface area contributed by atoms with Gasteiger partial charge in [-0.15, -0.1) is 10.2 Å². The minimum atomic E-state index is -0.681. The van der Waals surface area contributed by atoms with E-state index in [9.17, 15) is 14.0 Å². The number of ether oxygens (including phenoxy) is 2. The number of halogens is 1. The number of hydrogen-bond donors (Lipinski definition) is 1. The first-order chi connectivity index (χ1) is 22.0. The average Bonchev–Trinajstić information content (AvgIpc) is 3.48. The van der Waals surface area contributed by atoms with Crippen LogP contribution in [0.1, 0.15) is 89.4 Å². The highest BCUT2D eigenvalue weighted by Gasteiger charge is 2.39. The van der Waals surface area contributed by atoms with E-state index in [1.54, 1.807) is 4.90 Å². The number of piperidine rings is 1. The Hall–Kier alpha value is -3.54. The predicted molar refractivity (Wildman–Crippen MR) is 173 cm³/mol. The molecule has 252 valence electrons. The molecular weight excluding hydrogens is 589 g/mol. The Morgan fingerprint density at radius 1 is 1.04 bits per heavy atom. The van der Waals surface area contributed by atoms with E-state index in [1.165, 1.54) is 63.1 Å². The van der Waals surface area contributed by atoms with Crippen LogP contribution in [-0.2, 0) is 4.74 Å². The van der Waals surface area contributed by atoms with Crippen LogP contribution in [0.3, 0.4) is 0 Å². The quantitative estimate of drug-likeness (QED) is 0.332. The van der Waals surface area contributed by atoms with Crippen molar-refractivity contribution in [2.24, 2.45) is 23.0 Å². The second-order valence-electron chi connectivity index (χ2n) is 14.0. The third-order valence-corrected chi connectivity index (χ3v) is 10.3. The fourth-order valence-corrected chi connectivity index (χ4v) is 7.76. The third kappa shape index (κ3) is 8.24. The van der Waals surface area contributed by atoms with Crippen LogP contribution in [0.15, 0.2) is 24.5 Å². The SMILES string of the molecule is CC(C)N(C(=O)c1cc(F)ccc1Oc1nncnc1N1CC[C@@H](CN2CCC3(CCC(CCOC(N)=O)CC3)CC2)C1)C(C)C. The Morgan fingerprint density at radius 3 is 2.43 bits per heavy atom. The summed E-state index contributed by atoms with van der Waals surface area (Å²) in [4.78, 5) is 35.4. The molecule has 46 heavy (non-hydrogen) atoms. The molecule has 0 unspecified atom stereocenters. The average molecular weight is 640 g/mol. The smallest absolute Gasteiger partial charge is 0.404 e. The summed E-state index contributed by atoms with van der Waals surface area (Å²) in [6.07, 6.45) is 10.1. The maximum absolute atomic E-state index is 14.4. The van der Waals surface area contributed by atoms with Gasteiger partial charge in [-0.05, 0) is 128 Å². The van der Waals surface area contributed by atoms with E-state index < -0.39 is 11.9 Å². The molecule has 1 aliphatic carbocycles. The van der Waals surface area contributed by atoms with Crippen LogP contribution in [0.25, 0.3) is 0 Å². The predicted octanol–water partition coefficient (Wildman–Crippen LogP) is 5.65. The lowest BCUT2D eigenvalue weighted by Gasteiger charge is -2.46. The van der Waals surface area contributed by atoms with Crippen molar-refractivity contribution in [1.82, 2.24) is 25.0 Å². The zero-order valence-electron chi connectivity index (χ0n) is 27.8. The molecule has 12 heteroatoms. The number of likely N-dealkylation sites (tertiary alicyclic amines) is 1. The number of primary amides is 1. The highest BCUT2D eigenvalue weighted by atomic mass is 19.1. The molecule has 0 radical (unpaired) electrons. The molecule has 1 aromatic heterocycles. The number of anilines is 1. The minimum absolute atomic E-state index is 0.0690. The van der Waals surface area contributed by atoms with Gasteiger partial charge in [-0.25, -0.2) is 14.2 Å². The highest BCUT2D eigenvalue weighted by Crippen LogP contribution is 2.47. The molecule has 2 saturated heterocycles. The van der Waals surface area contributed by atoms with E-state index in [0.717, 1.165) is 45.6 Å². The molecule has 0 bridgehead atoms. The van der Waals surface area contributed by atoms with Gasteiger partial charge in [0.1, 0.15) is 17.9 Å². The van der Waals surface area contributed by atoms with Gasteiger partial charge in [-0.2, -0.15) is 0 Å². The van der Waals surface area contributed by atoms with Gasteiger partial charge in [0.2, 0.25) is 0 Å². The van der Waals surface area contributed by atoms with Crippen LogP contribution >= 0.6 is 0 Å². The number of amides is 2. The standard InChI is InChI=1S/C34H50FN7O4/c1-23(2)42(24(3)4)32(43)28-19-27(35)5-6-29(28)46-31-30(37-22-38-39-31)41-15-9-26(21-41)20-40-16-13-34(14-17-40)11-7-25(8-12-34)10-18-45-33(36)44/h5-6,19,22-26H,7-18,20-21H2,1-4H3,(H2,36,44)/t26-/m0/s1. The number of benzene rings is 1. The van der Waals surface area contributed by atoms with Crippen molar-refractivity contribution in [1.29, 1.82) is 0 Å². The zero-order chi connectivity index (χ0) is 32.8. The minimum Gasteiger partial charge on any atom is -0.450 e. The first-order valence-electron chi connectivity index (χ1n) is 16.9. The first kappa shape index (κ1) is 33.8. The summed E-state index contributed by atoms with van der Waals surface area (Å²) in [7, 11) is 0. The highest BCUT2D eigenvalue weighted by molar-refractivity contribution is 5.97. The number of nitrogens with zero attached hydrogens (tertiary/aromatic N) is 6. The lowest BCUT2D eigenvalue weighted by atomic mass is 9.65. The summed E-state index contributed by atoms with van der Waals surface area (Å²) < 4.78 is 25.5. The monoisotopic (exact) mass is 639 g/mol. The van der Waals surface area contributed by atoms with Gasteiger partial charge in [0.15, 0.2) is 5.82 Å². The molecule has 2 amide bonds. The number of carbonyl (C=O) groups excluding carboxylic acids is 2. The Kier molecular flexibility index (Phi) is 11.0. The van der Waals surface area contributed by atoms with Crippen LogP contribution < -0.4 is 15.4 Å². The summed E-state index contributed by atoms with van der Waals surface area (Å²) in [6, 6.07) is 3.84. The molecule has 2 aliphatic heterocycles. The van der Waals surface area contributed by atoms with E-state index >= 15 is 0 Å². The fraction of sp³-hybridized carbons (Fsp3) is 0.676. The molecule has 5 rings (SSSR count). The Bertz CT molecular complexity index is 1330. The largest absolute Gasteiger partial charge is 0.450 e.